The van der Waals surface area contributed by atoms with Crippen LogP contribution < -0.4 is 0 Å². The number of hydrogen-bond acceptors (Lipinski definition) is 2. The first-order valence-electron chi connectivity index (χ1n) is 11.6. The third kappa shape index (κ3) is 20.4. The summed E-state index contributed by atoms with van der Waals surface area (Å²) in [6, 6.07) is 0. The predicted octanol–water partition coefficient (Wildman–Crippen LogP) is 6.46. The highest BCUT2D eigenvalue weighted by atomic mass is 32.2. The van der Waals surface area contributed by atoms with Crippen LogP contribution in [-0.2, 0) is 10.1 Å². The van der Waals surface area contributed by atoms with Crippen LogP contribution >= 0.6 is 0 Å². The topological polar surface area (TPSA) is 54.4 Å². The van der Waals surface area contributed by atoms with Gasteiger partial charge in [-0.15, -0.1) is 0 Å². The molecule has 27 heavy (non-hydrogen) atoms. The number of nitrogens with zero attached hydrogens (tertiary/aromatic N) is 1. The van der Waals surface area contributed by atoms with E-state index in [4.69, 9.17) is 4.55 Å². The zero-order valence-corrected chi connectivity index (χ0v) is 20.0. The van der Waals surface area contributed by atoms with Gasteiger partial charge in [-0.1, -0.05) is 72.6 Å². The summed E-state index contributed by atoms with van der Waals surface area (Å²) in [6.45, 7) is 16.5. The molecule has 0 aliphatic heterocycles. The van der Waals surface area contributed by atoms with Gasteiger partial charge in [-0.25, -0.2) is 0 Å². The Morgan fingerprint density at radius 3 is 1.19 bits per heavy atom. The molecule has 0 fully saturated rings. The SMILES string of the molecule is CCCCCCCC[N+](CCCC)(CCCC)CCCC.CCS(=O)(=O)O. The molecule has 0 spiro atoms. The molecule has 0 saturated heterocycles. The van der Waals surface area contributed by atoms with Gasteiger partial charge in [0.05, 0.1) is 31.9 Å². The lowest BCUT2D eigenvalue weighted by molar-refractivity contribution is -0.929. The first kappa shape index (κ1) is 29.1. The van der Waals surface area contributed by atoms with Crippen LogP contribution in [0.3, 0.4) is 0 Å². The maximum Gasteiger partial charge on any atom is 0.264 e. The van der Waals surface area contributed by atoms with Crippen LogP contribution in [0.5, 0.6) is 0 Å². The minimum atomic E-state index is -3.66. The van der Waals surface area contributed by atoms with Crippen LogP contribution in [-0.4, -0.2) is 49.4 Å². The fourth-order valence-electron chi connectivity index (χ4n) is 3.38. The fourth-order valence-corrected chi connectivity index (χ4v) is 3.38. The van der Waals surface area contributed by atoms with Crippen molar-refractivity contribution >= 4 is 10.1 Å². The van der Waals surface area contributed by atoms with Gasteiger partial charge in [-0.05, 0) is 39.0 Å². The summed E-state index contributed by atoms with van der Waals surface area (Å²) < 4.78 is 28.3. The highest BCUT2D eigenvalue weighted by molar-refractivity contribution is 7.85. The molecule has 0 aromatic rings. The minimum Gasteiger partial charge on any atom is -0.324 e. The summed E-state index contributed by atoms with van der Waals surface area (Å²) in [7, 11) is -3.66. The van der Waals surface area contributed by atoms with Gasteiger partial charge in [0.1, 0.15) is 0 Å². The van der Waals surface area contributed by atoms with E-state index in [1.165, 1.54) is 115 Å². The molecule has 0 aromatic carbocycles. The predicted molar refractivity (Wildman–Crippen MR) is 120 cm³/mol. The van der Waals surface area contributed by atoms with Crippen molar-refractivity contribution in [3.63, 3.8) is 0 Å². The van der Waals surface area contributed by atoms with Crippen LogP contribution in [0.15, 0.2) is 0 Å². The summed E-state index contributed by atoms with van der Waals surface area (Å²) in [5, 5.41) is 0. The molecule has 0 rings (SSSR count). The Morgan fingerprint density at radius 1 is 0.556 bits per heavy atom. The largest absolute Gasteiger partial charge is 0.324 e. The average molecular weight is 409 g/mol. The number of quaternary nitrogens is 1. The van der Waals surface area contributed by atoms with Crippen molar-refractivity contribution in [1.29, 1.82) is 0 Å². The summed E-state index contributed by atoms with van der Waals surface area (Å²) in [6.07, 6.45) is 17.0. The first-order valence-corrected chi connectivity index (χ1v) is 13.2. The third-order valence-electron chi connectivity index (χ3n) is 5.31. The number of rotatable bonds is 17. The van der Waals surface area contributed by atoms with E-state index < -0.39 is 10.1 Å². The summed E-state index contributed by atoms with van der Waals surface area (Å²) in [5.41, 5.74) is 0. The third-order valence-corrected chi connectivity index (χ3v) is 6.04. The average Bonchev–Trinajstić information content (AvgIpc) is 2.65. The molecule has 0 bridgehead atoms. The fraction of sp³-hybridized carbons (Fsp3) is 1.00. The summed E-state index contributed by atoms with van der Waals surface area (Å²) in [4.78, 5) is 0. The Morgan fingerprint density at radius 2 is 0.852 bits per heavy atom. The van der Waals surface area contributed by atoms with Crippen LogP contribution in [0.1, 0.15) is 112 Å². The molecule has 0 unspecified atom stereocenters. The van der Waals surface area contributed by atoms with E-state index in [1.54, 1.807) is 0 Å². The van der Waals surface area contributed by atoms with Crippen molar-refractivity contribution in [2.75, 3.05) is 31.9 Å². The molecule has 166 valence electrons. The van der Waals surface area contributed by atoms with Crippen LogP contribution in [0.25, 0.3) is 0 Å². The van der Waals surface area contributed by atoms with Gasteiger partial charge < -0.3 is 4.48 Å². The van der Waals surface area contributed by atoms with Crippen molar-refractivity contribution in [3.05, 3.63) is 0 Å². The Hall–Kier alpha value is -0.130. The zero-order chi connectivity index (χ0) is 21.0. The Balaban J connectivity index is 0. The standard InChI is InChI=1S/C20H44N.C2H6O3S/c1-5-9-13-14-15-16-20-21(17-10-6-2,18-11-7-3)19-12-8-4;1-2-6(3,4)5/h5-20H2,1-4H3;2H2,1H3,(H,3,4,5)/q+1;. The van der Waals surface area contributed by atoms with Gasteiger partial charge in [-0.2, -0.15) is 8.42 Å². The number of hydrogen-bond donors (Lipinski definition) is 1. The second-order valence-corrected chi connectivity index (χ2v) is 9.68. The molecule has 0 radical (unpaired) electrons. The van der Waals surface area contributed by atoms with Crippen molar-refractivity contribution in [2.24, 2.45) is 0 Å². The molecular formula is C22H50NO3S+. The van der Waals surface area contributed by atoms with Crippen molar-refractivity contribution < 1.29 is 17.5 Å². The molecule has 0 aromatic heterocycles. The van der Waals surface area contributed by atoms with E-state index in [9.17, 15) is 8.42 Å². The second kappa shape index (κ2) is 19.2. The number of unbranched alkanes of at least 4 members (excludes halogenated alkanes) is 8. The summed E-state index contributed by atoms with van der Waals surface area (Å²) >= 11 is 0. The Kier molecular flexibility index (Phi) is 20.7. The van der Waals surface area contributed by atoms with E-state index in [2.05, 4.69) is 27.7 Å². The lowest BCUT2D eigenvalue weighted by atomic mass is 10.1. The van der Waals surface area contributed by atoms with Gasteiger partial charge in [-0.3, -0.25) is 4.55 Å². The van der Waals surface area contributed by atoms with E-state index in [-0.39, 0.29) is 5.75 Å². The van der Waals surface area contributed by atoms with E-state index in [0.717, 1.165) is 0 Å². The normalized spacial score (nSPS) is 11.9. The maximum absolute atomic E-state index is 9.56. The van der Waals surface area contributed by atoms with Gasteiger partial charge in [0, 0.05) is 0 Å². The monoisotopic (exact) mass is 408 g/mol. The smallest absolute Gasteiger partial charge is 0.264 e. The van der Waals surface area contributed by atoms with Gasteiger partial charge in [0.25, 0.3) is 10.1 Å². The highest BCUT2D eigenvalue weighted by Crippen LogP contribution is 2.17. The second-order valence-electron chi connectivity index (χ2n) is 7.94. The maximum atomic E-state index is 9.56. The van der Waals surface area contributed by atoms with Crippen molar-refractivity contribution in [3.8, 4) is 0 Å². The Bertz CT molecular complexity index is 375. The molecule has 0 saturated carbocycles. The molecule has 4 nitrogen and oxygen atoms in total. The van der Waals surface area contributed by atoms with E-state index >= 15 is 0 Å². The van der Waals surface area contributed by atoms with Gasteiger partial charge in [0.2, 0.25) is 0 Å². The highest BCUT2D eigenvalue weighted by Gasteiger charge is 2.24. The lowest BCUT2D eigenvalue weighted by Crippen LogP contribution is -2.50. The quantitative estimate of drug-likeness (QED) is 0.171. The molecule has 5 heteroatoms. The van der Waals surface area contributed by atoms with Crippen molar-refractivity contribution in [1.82, 2.24) is 0 Å². The molecule has 0 aliphatic rings. The van der Waals surface area contributed by atoms with Crippen LogP contribution in [0.4, 0.5) is 0 Å². The molecule has 0 amide bonds. The van der Waals surface area contributed by atoms with Crippen molar-refractivity contribution in [2.45, 2.75) is 112 Å². The minimum absolute atomic E-state index is 0.201. The van der Waals surface area contributed by atoms with Crippen LogP contribution in [0, 0.1) is 0 Å². The molecule has 0 aliphatic carbocycles. The van der Waals surface area contributed by atoms with Gasteiger partial charge >= 0.3 is 0 Å². The molecular weight excluding hydrogens is 358 g/mol. The first-order chi connectivity index (χ1) is 12.8. The Labute approximate surface area is 171 Å². The van der Waals surface area contributed by atoms with Gasteiger partial charge in [0.15, 0.2) is 0 Å². The summed E-state index contributed by atoms with van der Waals surface area (Å²) in [5.74, 6) is -0.201. The van der Waals surface area contributed by atoms with E-state index in [1.807, 2.05) is 0 Å². The molecule has 0 heterocycles. The van der Waals surface area contributed by atoms with Crippen LogP contribution in [0.2, 0.25) is 0 Å². The van der Waals surface area contributed by atoms with E-state index in [0.29, 0.717) is 0 Å². The lowest BCUT2D eigenvalue weighted by Gasteiger charge is -2.39. The molecule has 1 N–H and O–H groups in total. The zero-order valence-electron chi connectivity index (χ0n) is 19.1. The molecule has 0 atom stereocenters.